The van der Waals surface area contributed by atoms with Crippen molar-refractivity contribution in [2.24, 2.45) is 10.7 Å². The van der Waals surface area contributed by atoms with Gasteiger partial charge >= 0.3 is 12.1 Å². The number of hydrogen-bond donors (Lipinski definition) is 4. The zero-order valence-corrected chi connectivity index (χ0v) is 19.7. The lowest BCUT2D eigenvalue weighted by Crippen LogP contribution is -2.53. The van der Waals surface area contributed by atoms with Gasteiger partial charge in [-0.25, -0.2) is 24.7 Å². The molecule has 2 amide bonds. The van der Waals surface area contributed by atoms with E-state index in [2.05, 4.69) is 15.6 Å². The molecule has 13 heteroatoms. The molecule has 0 radical (unpaired) electrons. The van der Waals surface area contributed by atoms with Crippen molar-refractivity contribution >= 4 is 23.9 Å². The summed E-state index contributed by atoms with van der Waals surface area (Å²) in [5, 5.41) is 14.6. The van der Waals surface area contributed by atoms with E-state index in [0.29, 0.717) is 0 Å². The molecule has 188 valence electrons. The maximum atomic E-state index is 13.0. The lowest BCUT2D eigenvalue weighted by atomic mass is 10.0. The highest BCUT2D eigenvalue weighted by molar-refractivity contribution is 5.89. The Balaban J connectivity index is 2.88. The first-order valence-corrected chi connectivity index (χ1v) is 10.5. The first kappa shape index (κ1) is 28.1. The first-order chi connectivity index (χ1) is 15.9. The predicted octanol–water partition coefficient (Wildman–Crippen LogP) is 0.656. The summed E-state index contributed by atoms with van der Waals surface area (Å²) < 4.78 is 10.0. The zero-order valence-electron chi connectivity index (χ0n) is 19.7. The molecule has 1 aromatic carbocycles. The summed E-state index contributed by atoms with van der Waals surface area (Å²) in [6.45, 7) is 5.16. The van der Waals surface area contributed by atoms with Crippen LogP contribution in [0.1, 0.15) is 39.2 Å². The SMILES string of the molecule is COC(=O)[C@@H](CCCN=C(N)N[N+](=O)[O-])NC(=O)[C@H](Cc1ccccc1)NC(=O)OC(C)(C)C. The largest absolute Gasteiger partial charge is 0.467 e. The van der Waals surface area contributed by atoms with E-state index >= 15 is 0 Å². The average Bonchev–Trinajstić information content (AvgIpc) is 2.73. The second-order valence-corrected chi connectivity index (χ2v) is 8.25. The van der Waals surface area contributed by atoms with E-state index in [1.807, 2.05) is 6.07 Å². The lowest BCUT2D eigenvalue weighted by Gasteiger charge is -2.25. The molecule has 0 bridgehead atoms. The third kappa shape index (κ3) is 11.6. The van der Waals surface area contributed by atoms with Crippen molar-refractivity contribution in [2.75, 3.05) is 13.7 Å². The van der Waals surface area contributed by atoms with Crippen LogP contribution in [0.2, 0.25) is 0 Å². The minimum Gasteiger partial charge on any atom is -0.467 e. The van der Waals surface area contributed by atoms with Crippen molar-refractivity contribution in [2.45, 2.75) is 57.7 Å². The van der Waals surface area contributed by atoms with E-state index < -0.39 is 40.7 Å². The molecular formula is C21H32N6O7. The molecule has 0 unspecified atom stereocenters. The normalized spacial score (nSPS) is 13.2. The molecule has 34 heavy (non-hydrogen) atoms. The van der Waals surface area contributed by atoms with Gasteiger partial charge in [0.1, 0.15) is 17.7 Å². The van der Waals surface area contributed by atoms with Crippen LogP contribution in [-0.2, 0) is 25.5 Å². The van der Waals surface area contributed by atoms with Gasteiger partial charge in [-0.15, -0.1) is 0 Å². The molecule has 13 nitrogen and oxygen atoms in total. The van der Waals surface area contributed by atoms with Gasteiger partial charge in [-0.3, -0.25) is 4.79 Å². The van der Waals surface area contributed by atoms with Gasteiger partial charge in [0.25, 0.3) is 5.96 Å². The number of alkyl carbamates (subject to hydrolysis) is 1. The molecule has 0 aromatic heterocycles. The molecule has 0 spiro atoms. The Labute approximate surface area is 197 Å². The number of amides is 2. The number of nitro groups is 1. The highest BCUT2D eigenvalue weighted by Crippen LogP contribution is 2.10. The second kappa shape index (κ2) is 13.6. The maximum Gasteiger partial charge on any atom is 0.408 e. The van der Waals surface area contributed by atoms with Crippen LogP contribution in [0.15, 0.2) is 35.3 Å². The number of hydrogen-bond acceptors (Lipinski definition) is 8. The van der Waals surface area contributed by atoms with Crippen LogP contribution in [0.25, 0.3) is 0 Å². The molecule has 5 N–H and O–H groups in total. The molecule has 1 rings (SSSR count). The fourth-order valence-electron chi connectivity index (χ4n) is 2.80. The molecular weight excluding hydrogens is 448 g/mol. The number of aliphatic imine (C=N–C) groups is 1. The number of nitrogens with zero attached hydrogens (tertiary/aromatic N) is 2. The number of carbonyl (C=O) groups excluding carboxylic acids is 3. The van der Waals surface area contributed by atoms with Crippen molar-refractivity contribution < 1.29 is 28.9 Å². The van der Waals surface area contributed by atoms with Crippen molar-refractivity contribution in [3.8, 4) is 0 Å². The molecule has 0 saturated heterocycles. The fraction of sp³-hybridized carbons (Fsp3) is 0.524. The Kier molecular flexibility index (Phi) is 11.3. The number of benzene rings is 1. The maximum absolute atomic E-state index is 13.0. The molecule has 0 fully saturated rings. The Bertz CT molecular complexity index is 870. The summed E-state index contributed by atoms with van der Waals surface area (Å²) in [7, 11) is 1.18. The molecule has 0 aliphatic heterocycles. The monoisotopic (exact) mass is 480 g/mol. The Morgan fingerprint density at radius 3 is 2.35 bits per heavy atom. The fourth-order valence-corrected chi connectivity index (χ4v) is 2.80. The van der Waals surface area contributed by atoms with Gasteiger partial charge in [0.2, 0.25) is 5.91 Å². The molecule has 0 aliphatic carbocycles. The van der Waals surface area contributed by atoms with E-state index in [1.165, 1.54) is 7.11 Å². The van der Waals surface area contributed by atoms with Crippen molar-refractivity contribution in [3.05, 3.63) is 46.0 Å². The number of nitrogens with two attached hydrogens (primary N) is 1. The summed E-state index contributed by atoms with van der Waals surface area (Å²) in [5.74, 6) is -1.68. The van der Waals surface area contributed by atoms with E-state index in [1.54, 1.807) is 50.5 Å². The summed E-state index contributed by atoms with van der Waals surface area (Å²) >= 11 is 0. The quantitative estimate of drug-likeness (QED) is 0.0880. The number of nitrogens with one attached hydrogen (secondary N) is 3. The minimum atomic E-state index is -1.03. The Morgan fingerprint density at radius 2 is 1.79 bits per heavy atom. The third-order valence-electron chi connectivity index (χ3n) is 4.23. The van der Waals surface area contributed by atoms with Crippen LogP contribution in [0.3, 0.4) is 0 Å². The standard InChI is InChI=1S/C21H32N6O7/c1-21(2,3)34-20(30)25-16(13-14-9-6-5-7-10-14)17(28)24-15(18(29)33-4)11-8-12-23-19(22)26-27(31)32/h5-7,9-10,15-16H,8,11-13H2,1-4H3,(H,24,28)(H,25,30)(H3,22,23,26)/t15-,16+/m1/s1. The highest BCUT2D eigenvalue weighted by atomic mass is 16.7. The van der Waals surface area contributed by atoms with E-state index in [4.69, 9.17) is 15.2 Å². The summed E-state index contributed by atoms with van der Waals surface area (Å²) in [5.41, 5.74) is 7.07. The number of ether oxygens (including phenoxy) is 2. The van der Waals surface area contributed by atoms with Gasteiger partial charge < -0.3 is 25.8 Å². The smallest absolute Gasteiger partial charge is 0.408 e. The molecule has 0 aliphatic rings. The van der Waals surface area contributed by atoms with Gasteiger partial charge in [-0.2, -0.15) is 0 Å². The van der Waals surface area contributed by atoms with E-state index in [0.717, 1.165) is 5.56 Å². The van der Waals surface area contributed by atoms with Crippen LogP contribution in [0, 0.1) is 10.1 Å². The number of hydrazine groups is 1. The number of methoxy groups -OCH3 is 1. The second-order valence-electron chi connectivity index (χ2n) is 8.25. The van der Waals surface area contributed by atoms with Gasteiger partial charge in [0, 0.05) is 13.0 Å². The lowest BCUT2D eigenvalue weighted by molar-refractivity contribution is -0.525. The Hall–Kier alpha value is -3.90. The number of carbonyl (C=O) groups is 3. The number of esters is 1. The zero-order chi connectivity index (χ0) is 25.7. The van der Waals surface area contributed by atoms with Gasteiger partial charge in [0.05, 0.1) is 7.11 Å². The van der Waals surface area contributed by atoms with Crippen LogP contribution in [0.4, 0.5) is 4.79 Å². The first-order valence-electron chi connectivity index (χ1n) is 10.5. The topological polar surface area (TPSA) is 187 Å². The summed E-state index contributed by atoms with van der Waals surface area (Å²) in [6, 6.07) is 6.97. The minimum absolute atomic E-state index is 0.0691. The van der Waals surface area contributed by atoms with Crippen molar-refractivity contribution in [3.63, 3.8) is 0 Å². The molecule has 1 aromatic rings. The van der Waals surface area contributed by atoms with Crippen molar-refractivity contribution in [1.29, 1.82) is 0 Å². The third-order valence-corrected chi connectivity index (χ3v) is 4.23. The summed E-state index contributed by atoms with van der Waals surface area (Å²) in [4.78, 5) is 51.6. The number of guanidine groups is 1. The van der Waals surface area contributed by atoms with Crippen molar-refractivity contribution in [1.82, 2.24) is 16.1 Å². The van der Waals surface area contributed by atoms with Gasteiger partial charge in [-0.05, 0) is 39.2 Å². The highest BCUT2D eigenvalue weighted by Gasteiger charge is 2.29. The van der Waals surface area contributed by atoms with E-state index in [9.17, 15) is 24.5 Å². The van der Waals surface area contributed by atoms with Crippen LogP contribution >= 0.6 is 0 Å². The average molecular weight is 481 g/mol. The Morgan fingerprint density at radius 1 is 1.15 bits per heavy atom. The van der Waals surface area contributed by atoms with Crippen LogP contribution < -0.4 is 21.8 Å². The number of rotatable bonds is 11. The summed E-state index contributed by atoms with van der Waals surface area (Å²) in [6.07, 6.45) is -0.227. The van der Waals surface area contributed by atoms with Gasteiger partial charge in [-0.1, -0.05) is 35.8 Å². The van der Waals surface area contributed by atoms with Crippen LogP contribution in [0.5, 0.6) is 0 Å². The van der Waals surface area contributed by atoms with Crippen LogP contribution in [-0.4, -0.2) is 60.3 Å². The predicted molar refractivity (Wildman–Crippen MR) is 123 cm³/mol. The van der Waals surface area contributed by atoms with E-state index in [-0.39, 0.29) is 31.8 Å². The molecule has 0 heterocycles. The van der Waals surface area contributed by atoms with Gasteiger partial charge in [0.15, 0.2) is 5.03 Å². The molecule has 0 saturated carbocycles. The molecule has 2 atom stereocenters.